The second-order valence-electron chi connectivity index (χ2n) is 6.60. The van der Waals surface area contributed by atoms with Gasteiger partial charge in [0.1, 0.15) is 18.1 Å². The first-order valence-corrected chi connectivity index (χ1v) is 8.73. The fourth-order valence-corrected chi connectivity index (χ4v) is 3.38. The van der Waals surface area contributed by atoms with Gasteiger partial charge in [-0.05, 0) is 51.7 Å². The summed E-state index contributed by atoms with van der Waals surface area (Å²) in [5.74, 6) is 1.50. The van der Waals surface area contributed by atoms with Crippen LogP contribution < -0.4 is 4.74 Å². The zero-order valence-electron chi connectivity index (χ0n) is 15.9. The third kappa shape index (κ3) is 4.00. The van der Waals surface area contributed by atoms with E-state index in [9.17, 15) is 10.1 Å². The topological polar surface area (TPSA) is 68.0 Å². The summed E-state index contributed by atoms with van der Waals surface area (Å²) in [5, 5.41) is 11.6. The number of nitrogens with zero attached hydrogens (tertiary/aromatic N) is 3. The summed E-state index contributed by atoms with van der Waals surface area (Å²) in [7, 11) is 0. The lowest BCUT2D eigenvalue weighted by molar-refractivity contribution is -0.430. The number of rotatable bonds is 6. The van der Waals surface area contributed by atoms with Gasteiger partial charge < -0.3 is 9.64 Å². The number of aryl methyl sites for hydroxylation is 3. The van der Waals surface area contributed by atoms with E-state index >= 15 is 0 Å². The molecule has 0 amide bonds. The molecule has 0 aliphatic carbocycles. The van der Waals surface area contributed by atoms with E-state index in [1.54, 1.807) is 0 Å². The lowest BCUT2D eigenvalue weighted by atomic mass is 10.1. The van der Waals surface area contributed by atoms with Crippen LogP contribution in [0.2, 0.25) is 0 Å². The highest BCUT2D eigenvalue weighted by atomic mass is 16.6. The van der Waals surface area contributed by atoms with Gasteiger partial charge in [-0.3, -0.25) is 10.1 Å². The Kier molecular flexibility index (Phi) is 5.82. The SMILES string of the molecule is CCC(CC)N1CC([N+](=O)[O-])=C(Oc2c(C)cc(C)cc2C)N=C1C. The maximum absolute atomic E-state index is 11.6. The highest BCUT2D eigenvalue weighted by Crippen LogP contribution is 2.29. The molecule has 6 heteroatoms. The van der Waals surface area contributed by atoms with Crippen molar-refractivity contribution in [2.45, 2.75) is 60.4 Å². The van der Waals surface area contributed by atoms with Gasteiger partial charge in [0.05, 0.1) is 4.92 Å². The van der Waals surface area contributed by atoms with E-state index in [0.717, 1.165) is 35.4 Å². The van der Waals surface area contributed by atoms with Crippen LogP contribution in [0.15, 0.2) is 28.7 Å². The largest absolute Gasteiger partial charge is 0.433 e. The number of hydrogen-bond donors (Lipinski definition) is 0. The lowest BCUT2D eigenvalue weighted by Gasteiger charge is -2.33. The third-order valence-electron chi connectivity index (χ3n) is 4.65. The van der Waals surface area contributed by atoms with E-state index in [1.807, 2.05) is 44.7 Å². The molecule has 6 nitrogen and oxygen atoms in total. The second-order valence-corrected chi connectivity index (χ2v) is 6.60. The Bertz CT molecular complexity index is 710. The molecular formula is C19H27N3O3. The molecule has 0 N–H and O–H groups in total. The van der Waals surface area contributed by atoms with E-state index in [0.29, 0.717) is 5.75 Å². The van der Waals surface area contributed by atoms with Crippen molar-refractivity contribution in [3.05, 3.63) is 50.5 Å². The summed E-state index contributed by atoms with van der Waals surface area (Å²) < 4.78 is 5.94. The number of nitro groups is 1. The van der Waals surface area contributed by atoms with Crippen molar-refractivity contribution in [1.82, 2.24) is 4.90 Å². The normalized spacial score (nSPS) is 14.8. The minimum absolute atomic E-state index is 0.0110. The molecular weight excluding hydrogens is 318 g/mol. The number of benzene rings is 1. The molecule has 1 heterocycles. The minimum atomic E-state index is -0.375. The first kappa shape index (κ1) is 19.0. The maximum Gasteiger partial charge on any atom is 0.327 e. The second kappa shape index (κ2) is 7.68. The van der Waals surface area contributed by atoms with Gasteiger partial charge in [-0.1, -0.05) is 31.5 Å². The minimum Gasteiger partial charge on any atom is -0.433 e. The Morgan fingerprint density at radius 2 is 1.76 bits per heavy atom. The van der Waals surface area contributed by atoms with E-state index < -0.39 is 0 Å². The molecule has 0 unspecified atom stereocenters. The molecule has 0 saturated heterocycles. The summed E-state index contributed by atoms with van der Waals surface area (Å²) >= 11 is 0. The van der Waals surface area contributed by atoms with Crippen LogP contribution in [-0.2, 0) is 0 Å². The molecule has 136 valence electrons. The summed E-state index contributed by atoms with van der Waals surface area (Å²) in [5.41, 5.74) is 3.04. The van der Waals surface area contributed by atoms with E-state index in [-0.39, 0.29) is 29.1 Å². The van der Waals surface area contributed by atoms with Crippen LogP contribution in [0.3, 0.4) is 0 Å². The van der Waals surface area contributed by atoms with Crippen molar-refractivity contribution in [1.29, 1.82) is 0 Å². The highest BCUT2D eigenvalue weighted by Gasteiger charge is 2.32. The van der Waals surface area contributed by atoms with Crippen molar-refractivity contribution in [2.75, 3.05) is 6.54 Å². The van der Waals surface area contributed by atoms with Gasteiger partial charge in [0.2, 0.25) is 0 Å². The van der Waals surface area contributed by atoms with Gasteiger partial charge in [0.25, 0.3) is 5.88 Å². The molecule has 1 aliphatic heterocycles. The summed E-state index contributed by atoms with van der Waals surface area (Å²) in [6.07, 6.45) is 1.83. The predicted octanol–water partition coefficient (Wildman–Crippen LogP) is 4.36. The zero-order chi connectivity index (χ0) is 18.7. The molecule has 1 aromatic carbocycles. The average molecular weight is 345 g/mol. The molecule has 0 spiro atoms. The molecule has 1 aromatic rings. The van der Waals surface area contributed by atoms with Crippen molar-refractivity contribution in [2.24, 2.45) is 4.99 Å². The first-order chi connectivity index (χ1) is 11.8. The Labute approximate surface area is 149 Å². The number of amidine groups is 1. The quantitative estimate of drug-likeness (QED) is 0.567. The molecule has 0 atom stereocenters. The molecule has 0 fully saturated rings. The monoisotopic (exact) mass is 345 g/mol. The van der Waals surface area contributed by atoms with E-state index in [1.165, 1.54) is 0 Å². The van der Waals surface area contributed by atoms with Gasteiger partial charge in [0, 0.05) is 6.04 Å². The van der Waals surface area contributed by atoms with Crippen molar-refractivity contribution in [3.63, 3.8) is 0 Å². The third-order valence-corrected chi connectivity index (χ3v) is 4.65. The summed E-state index contributed by atoms with van der Waals surface area (Å²) in [6, 6.07) is 4.25. The van der Waals surface area contributed by atoms with Gasteiger partial charge in [-0.2, -0.15) is 4.99 Å². The fraction of sp³-hybridized carbons (Fsp3) is 0.526. The molecule has 1 aliphatic rings. The van der Waals surface area contributed by atoms with Crippen LogP contribution in [0.5, 0.6) is 5.75 Å². The molecule has 0 saturated carbocycles. The summed E-state index contributed by atoms with van der Waals surface area (Å²) in [6.45, 7) is 12.2. The van der Waals surface area contributed by atoms with Crippen molar-refractivity contribution in [3.8, 4) is 5.75 Å². The van der Waals surface area contributed by atoms with Crippen molar-refractivity contribution < 1.29 is 9.66 Å². The van der Waals surface area contributed by atoms with Crippen LogP contribution >= 0.6 is 0 Å². The van der Waals surface area contributed by atoms with E-state index in [4.69, 9.17) is 4.74 Å². The maximum atomic E-state index is 11.6. The van der Waals surface area contributed by atoms with Crippen LogP contribution in [0.4, 0.5) is 0 Å². The smallest absolute Gasteiger partial charge is 0.327 e. The Balaban J connectivity index is 2.42. The number of hydrogen-bond acceptors (Lipinski definition) is 5. The van der Waals surface area contributed by atoms with Crippen LogP contribution in [-0.4, -0.2) is 28.2 Å². The lowest BCUT2D eigenvalue weighted by Crippen LogP contribution is -2.43. The standard InChI is InChI=1S/C19H27N3O3/c1-7-16(8-2)21-11-17(22(23)24)19(20-15(21)6)25-18-13(4)9-12(3)10-14(18)5/h9-10,16H,7-8,11H2,1-6H3. The van der Waals surface area contributed by atoms with Crippen LogP contribution in [0.25, 0.3) is 0 Å². The Morgan fingerprint density at radius 1 is 1.20 bits per heavy atom. The highest BCUT2D eigenvalue weighted by molar-refractivity contribution is 5.82. The molecule has 0 bridgehead atoms. The molecule has 0 aromatic heterocycles. The molecule has 25 heavy (non-hydrogen) atoms. The fourth-order valence-electron chi connectivity index (χ4n) is 3.38. The van der Waals surface area contributed by atoms with Gasteiger partial charge in [-0.15, -0.1) is 0 Å². The van der Waals surface area contributed by atoms with Crippen molar-refractivity contribution >= 4 is 5.84 Å². The molecule has 2 rings (SSSR count). The number of ether oxygens (including phenoxy) is 1. The Morgan fingerprint density at radius 3 is 2.24 bits per heavy atom. The van der Waals surface area contributed by atoms with Gasteiger partial charge in [0.15, 0.2) is 0 Å². The molecule has 0 radical (unpaired) electrons. The van der Waals surface area contributed by atoms with Crippen LogP contribution in [0, 0.1) is 30.9 Å². The average Bonchev–Trinajstić information content (AvgIpc) is 2.53. The predicted molar refractivity (Wildman–Crippen MR) is 99.5 cm³/mol. The Hall–Kier alpha value is -2.37. The van der Waals surface area contributed by atoms with Gasteiger partial charge >= 0.3 is 5.70 Å². The van der Waals surface area contributed by atoms with Crippen LogP contribution in [0.1, 0.15) is 50.3 Å². The van der Waals surface area contributed by atoms with Gasteiger partial charge in [-0.25, -0.2) is 0 Å². The van der Waals surface area contributed by atoms with E-state index in [2.05, 4.69) is 18.8 Å². The number of aliphatic imine (C=N–C) groups is 1. The summed E-state index contributed by atoms with van der Waals surface area (Å²) in [4.78, 5) is 17.7. The first-order valence-electron chi connectivity index (χ1n) is 8.73. The zero-order valence-corrected chi connectivity index (χ0v) is 15.9.